The van der Waals surface area contributed by atoms with Crippen LogP contribution in [0.2, 0.25) is 0 Å². The lowest BCUT2D eigenvalue weighted by Crippen LogP contribution is -2.59. The molecule has 3 N–H and O–H groups in total. The van der Waals surface area contributed by atoms with Crippen LogP contribution < -0.4 is 10.6 Å². The van der Waals surface area contributed by atoms with Crippen LogP contribution in [0, 0.1) is 0 Å². The molecule has 2 aromatic rings. The van der Waals surface area contributed by atoms with Crippen LogP contribution in [0.25, 0.3) is 0 Å². The Balaban J connectivity index is 2.58. The van der Waals surface area contributed by atoms with Gasteiger partial charge in [0.15, 0.2) is 0 Å². The van der Waals surface area contributed by atoms with Gasteiger partial charge >= 0.3 is 6.09 Å². The number of amides is 3. The number of nitrogens with zero attached hydrogens (tertiary/aromatic N) is 1. The van der Waals surface area contributed by atoms with Crippen LogP contribution in [0.3, 0.4) is 0 Å². The van der Waals surface area contributed by atoms with E-state index in [0.717, 1.165) is 5.56 Å². The summed E-state index contributed by atoms with van der Waals surface area (Å²) in [4.78, 5) is 42.1. The van der Waals surface area contributed by atoms with Crippen molar-refractivity contribution in [2.24, 2.45) is 0 Å². The average molecular weight is 512 g/mol. The molecule has 2 aromatic carbocycles. The van der Waals surface area contributed by atoms with Crippen molar-refractivity contribution in [1.29, 1.82) is 0 Å². The van der Waals surface area contributed by atoms with Gasteiger partial charge in [-0.3, -0.25) is 9.59 Å². The summed E-state index contributed by atoms with van der Waals surface area (Å²) in [6.07, 6.45) is -0.511. The van der Waals surface area contributed by atoms with Gasteiger partial charge in [0.05, 0.1) is 0 Å². The number of aromatic hydroxyl groups is 1. The van der Waals surface area contributed by atoms with Crippen LogP contribution in [0.5, 0.6) is 5.75 Å². The number of nitrogens with one attached hydrogen (secondary N) is 2. The fourth-order valence-electron chi connectivity index (χ4n) is 3.95. The number of hydrogen-bond acceptors (Lipinski definition) is 5. The average Bonchev–Trinajstić information content (AvgIpc) is 2.75. The molecule has 202 valence electrons. The molecule has 2 unspecified atom stereocenters. The first-order chi connectivity index (χ1) is 17.1. The molecule has 2 rings (SSSR count). The highest BCUT2D eigenvalue weighted by Crippen LogP contribution is 2.31. The van der Waals surface area contributed by atoms with Gasteiger partial charge in [0, 0.05) is 18.0 Å². The van der Waals surface area contributed by atoms with Crippen LogP contribution in [-0.2, 0) is 20.7 Å². The Morgan fingerprint density at radius 1 is 0.892 bits per heavy atom. The molecule has 0 saturated heterocycles. The smallest absolute Gasteiger partial charge is 0.408 e. The monoisotopic (exact) mass is 511 g/mol. The molecule has 0 saturated carbocycles. The Kier molecular flexibility index (Phi) is 9.73. The summed E-state index contributed by atoms with van der Waals surface area (Å²) in [6.45, 7) is 14.5. The number of carbonyl (C=O) groups is 3. The maximum absolute atomic E-state index is 14.3. The lowest BCUT2D eigenvalue weighted by molar-refractivity contribution is -0.148. The normalized spacial score (nSPS) is 13.4. The first-order valence-corrected chi connectivity index (χ1v) is 12.5. The molecule has 3 amide bonds. The molecule has 0 fully saturated rings. The van der Waals surface area contributed by atoms with Crippen molar-refractivity contribution in [2.75, 3.05) is 0 Å². The number of phenols is 1. The highest BCUT2D eigenvalue weighted by Gasteiger charge is 2.42. The van der Waals surface area contributed by atoms with E-state index in [9.17, 15) is 19.5 Å². The maximum Gasteiger partial charge on any atom is 0.408 e. The standard InChI is InChI=1S/C29H41N3O5/c1-19(2)30-25(34)24(21-14-16-22(33)17-15-21)32(28(3,4)5)26(35)23(18-20-12-10-9-11-13-20)31-27(36)37-29(6,7)8/h9-17,19,23-24,33H,18H2,1-8H3,(H,30,34)(H,31,36). The molecule has 0 aliphatic rings. The van der Waals surface area contributed by atoms with Crippen LogP contribution in [-0.4, -0.2) is 51.1 Å². The molecular formula is C29H41N3O5. The van der Waals surface area contributed by atoms with Gasteiger partial charge in [-0.1, -0.05) is 42.5 Å². The van der Waals surface area contributed by atoms with Gasteiger partial charge in [0.25, 0.3) is 0 Å². The van der Waals surface area contributed by atoms with Crippen molar-refractivity contribution in [2.45, 2.75) is 91.1 Å². The quantitative estimate of drug-likeness (QED) is 0.475. The predicted octanol–water partition coefficient (Wildman–Crippen LogP) is 4.72. The van der Waals surface area contributed by atoms with Gasteiger partial charge in [0.2, 0.25) is 11.8 Å². The van der Waals surface area contributed by atoms with E-state index >= 15 is 0 Å². The first-order valence-electron chi connectivity index (χ1n) is 12.5. The summed E-state index contributed by atoms with van der Waals surface area (Å²) in [7, 11) is 0. The molecule has 2 atom stereocenters. The van der Waals surface area contributed by atoms with Crippen LogP contribution in [0.4, 0.5) is 4.79 Å². The van der Waals surface area contributed by atoms with E-state index in [-0.39, 0.29) is 24.1 Å². The number of rotatable bonds is 8. The number of carbonyl (C=O) groups excluding carboxylic acids is 3. The van der Waals surface area contributed by atoms with Crippen molar-refractivity contribution in [3.05, 3.63) is 65.7 Å². The van der Waals surface area contributed by atoms with Gasteiger partial charge in [-0.2, -0.15) is 0 Å². The minimum atomic E-state index is -1.01. The zero-order valence-electron chi connectivity index (χ0n) is 23.2. The lowest BCUT2D eigenvalue weighted by Gasteiger charge is -2.43. The van der Waals surface area contributed by atoms with E-state index < -0.39 is 35.2 Å². The SMILES string of the molecule is CC(C)NC(=O)C(c1ccc(O)cc1)N(C(=O)C(Cc1ccccc1)NC(=O)OC(C)(C)C)C(C)(C)C. The summed E-state index contributed by atoms with van der Waals surface area (Å²) in [5.41, 5.74) is -0.174. The first kappa shape index (κ1) is 29.7. The fourth-order valence-corrected chi connectivity index (χ4v) is 3.95. The molecule has 37 heavy (non-hydrogen) atoms. The molecule has 0 bridgehead atoms. The number of hydrogen-bond donors (Lipinski definition) is 3. The number of alkyl carbamates (subject to hydrolysis) is 1. The Hall–Kier alpha value is -3.55. The Labute approximate surface area is 220 Å². The Morgan fingerprint density at radius 3 is 1.95 bits per heavy atom. The molecule has 8 nitrogen and oxygen atoms in total. The number of ether oxygens (including phenoxy) is 1. The third-order valence-corrected chi connectivity index (χ3v) is 5.38. The third kappa shape index (κ3) is 9.12. The lowest BCUT2D eigenvalue weighted by atomic mass is 9.94. The van der Waals surface area contributed by atoms with E-state index in [1.54, 1.807) is 32.9 Å². The predicted molar refractivity (Wildman–Crippen MR) is 144 cm³/mol. The highest BCUT2D eigenvalue weighted by molar-refractivity contribution is 5.93. The van der Waals surface area contributed by atoms with Gasteiger partial charge in [-0.05, 0) is 78.6 Å². The summed E-state index contributed by atoms with van der Waals surface area (Å²) in [6, 6.07) is 13.4. The molecule has 0 aromatic heterocycles. The number of benzene rings is 2. The molecule has 0 aliphatic carbocycles. The minimum Gasteiger partial charge on any atom is -0.508 e. The van der Waals surface area contributed by atoms with Crippen molar-refractivity contribution in [3.8, 4) is 5.75 Å². The third-order valence-electron chi connectivity index (χ3n) is 5.38. The molecular weight excluding hydrogens is 470 g/mol. The van der Waals surface area contributed by atoms with Gasteiger partial charge in [-0.25, -0.2) is 4.79 Å². The van der Waals surface area contributed by atoms with Crippen LogP contribution in [0.15, 0.2) is 54.6 Å². The van der Waals surface area contributed by atoms with Gasteiger partial charge < -0.3 is 25.4 Å². The number of phenolic OH excluding ortho intramolecular Hbond substituents is 1. The minimum absolute atomic E-state index is 0.0500. The summed E-state index contributed by atoms with van der Waals surface area (Å²) in [5, 5.41) is 15.5. The second kappa shape index (κ2) is 12.1. The molecule has 0 aliphatic heterocycles. The van der Waals surface area contributed by atoms with Gasteiger partial charge in [-0.15, -0.1) is 0 Å². The molecule has 0 radical (unpaired) electrons. The summed E-state index contributed by atoms with van der Waals surface area (Å²) >= 11 is 0. The van der Waals surface area contributed by atoms with E-state index in [0.29, 0.717) is 5.56 Å². The molecule has 8 heteroatoms. The fraction of sp³-hybridized carbons (Fsp3) is 0.483. The van der Waals surface area contributed by atoms with E-state index in [4.69, 9.17) is 4.74 Å². The van der Waals surface area contributed by atoms with Crippen LogP contribution >= 0.6 is 0 Å². The van der Waals surface area contributed by atoms with Gasteiger partial charge in [0.1, 0.15) is 23.4 Å². The maximum atomic E-state index is 14.3. The van der Waals surface area contributed by atoms with Crippen molar-refractivity contribution >= 4 is 17.9 Å². The molecule has 0 spiro atoms. The zero-order chi connectivity index (χ0) is 28.0. The zero-order valence-corrected chi connectivity index (χ0v) is 23.2. The Morgan fingerprint density at radius 2 is 1.46 bits per heavy atom. The second-order valence-electron chi connectivity index (χ2n) is 11.4. The Bertz CT molecular complexity index is 1050. The van der Waals surface area contributed by atoms with Crippen molar-refractivity contribution < 1.29 is 24.2 Å². The highest BCUT2D eigenvalue weighted by atomic mass is 16.6. The van der Waals surface area contributed by atoms with Crippen molar-refractivity contribution in [1.82, 2.24) is 15.5 Å². The topological polar surface area (TPSA) is 108 Å². The summed E-state index contributed by atoms with van der Waals surface area (Å²) < 4.78 is 5.45. The van der Waals surface area contributed by atoms with Crippen molar-refractivity contribution in [3.63, 3.8) is 0 Å². The second-order valence-corrected chi connectivity index (χ2v) is 11.4. The largest absolute Gasteiger partial charge is 0.508 e. The van der Waals surface area contributed by atoms with Crippen LogP contribution in [0.1, 0.15) is 72.6 Å². The van der Waals surface area contributed by atoms with E-state index in [2.05, 4.69) is 10.6 Å². The summed E-state index contributed by atoms with van der Waals surface area (Å²) in [5.74, 6) is -0.743. The molecule has 0 heterocycles. The van der Waals surface area contributed by atoms with E-state index in [1.807, 2.05) is 65.0 Å². The van der Waals surface area contributed by atoms with E-state index in [1.165, 1.54) is 17.0 Å².